The van der Waals surface area contributed by atoms with Crippen LogP contribution < -0.4 is 11.1 Å². The van der Waals surface area contributed by atoms with Crippen molar-refractivity contribution in [2.45, 2.75) is 51.5 Å². The van der Waals surface area contributed by atoms with Crippen LogP contribution in [0.25, 0.3) is 10.2 Å². The Hall–Kier alpha value is -1.36. The minimum atomic E-state index is 0.155. The van der Waals surface area contributed by atoms with Gasteiger partial charge in [-0.05, 0) is 32.3 Å². The summed E-state index contributed by atoms with van der Waals surface area (Å²) in [5.74, 6) is 1.27. The minimum absolute atomic E-state index is 0.155. The molecule has 3 N–H and O–H groups in total. The SMILES string of the molecule is CCc1cc2c(NC3(C)CCCC3)nc(N)nc2s1. The van der Waals surface area contributed by atoms with Crippen molar-refractivity contribution in [3.8, 4) is 0 Å². The van der Waals surface area contributed by atoms with Crippen molar-refractivity contribution in [2.24, 2.45) is 0 Å². The number of hydrogen-bond donors (Lipinski definition) is 2. The monoisotopic (exact) mass is 276 g/mol. The second-order valence-corrected chi connectivity index (χ2v) is 6.72. The van der Waals surface area contributed by atoms with Crippen LogP contribution >= 0.6 is 11.3 Å². The van der Waals surface area contributed by atoms with Crippen molar-refractivity contribution in [2.75, 3.05) is 11.1 Å². The topological polar surface area (TPSA) is 63.8 Å². The van der Waals surface area contributed by atoms with Gasteiger partial charge < -0.3 is 11.1 Å². The first-order chi connectivity index (χ1) is 9.09. The molecule has 4 nitrogen and oxygen atoms in total. The highest BCUT2D eigenvalue weighted by Gasteiger charge is 2.29. The maximum absolute atomic E-state index is 5.84. The Morgan fingerprint density at radius 1 is 1.37 bits per heavy atom. The molecule has 0 saturated heterocycles. The van der Waals surface area contributed by atoms with E-state index in [2.05, 4.69) is 35.2 Å². The molecule has 0 amide bonds. The van der Waals surface area contributed by atoms with E-state index in [4.69, 9.17) is 5.73 Å². The summed E-state index contributed by atoms with van der Waals surface area (Å²) < 4.78 is 0. The Morgan fingerprint density at radius 3 is 2.79 bits per heavy atom. The second kappa shape index (κ2) is 4.63. The summed E-state index contributed by atoms with van der Waals surface area (Å²) in [4.78, 5) is 11.1. The molecule has 0 aliphatic heterocycles. The molecule has 1 saturated carbocycles. The van der Waals surface area contributed by atoms with Gasteiger partial charge >= 0.3 is 0 Å². The quantitative estimate of drug-likeness (QED) is 0.899. The molecule has 0 bridgehead atoms. The molecule has 0 spiro atoms. The van der Waals surface area contributed by atoms with Crippen molar-refractivity contribution in [1.82, 2.24) is 9.97 Å². The van der Waals surface area contributed by atoms with Gasteiger partial charge in [-0.3, -0.25) is 0 Å². The van der Waals surface area contributed by atoms with Gasteiger partial charge in [0.2, 0.25) is 5.95 Å². The van der Waals surface area contributed by atoms with Crippen LogP contribution in [0.5, 0.6) is 0 Å². The van der Waals surface area contributed by atoms with Gasteiger partial charge in [-0.1, -0.05) is 19.8 Å². The third-order valence-corrected chi connectivity index (χ3v) is 5.11. The fourth-order valence-electron chi connectivity index (χ4n) is 2.82. The molecule has 1 aliphatic rings. The first-order valence-electron chi connectivity index (χ1n) is 6.94. The molecule has 0 atom stereocenters. The fraction of sp³-hybridized carbons (Fsp3) is 0.571. The zero-order valence-electron chi connectivity index (χ0n) is 11.5. The van der Waals surface area contributed by atoms with Crippen molar-refractivity contribution >= 4 is 33.3 Å². The van der Waals surface area contributed by atoms with E-state index in [1.165, 1.54) is 30.6 Å². The zero-order chi connectivity index (χ0) is 13.5. The molecule has 2 heterocycles. The average Bonchev–Trinajstić information content (AvgIpc) is 2.95. The van der Waals surface area contributed by atoms with Crippen LogP contribution in [0.1, 0.15) is 44.4 Å². The van der Waals surface area contributed by atoms with E-state index in [9.17, 15) is 0 Å². The highest BCUT2D eigenvalue weighted by Crippen LogP contribution is 2.36. The summed E-state index contributed by atoms with van der Waals surface area (Å²) in [6, 6.07) is 2.19. The Morgan fingerprint density at radius 2 is 2.11 bits per heavy atom. The number of hydrogen-bond acceptors (Lipinski definition) is 5. The smallest absolute Gasteiger partial charge is 0.223 e. The lowest BCUT2D eigenvalue weighted by atomic mass is 10.0. The van der Waals surface area contributed by atoms with E-state index in [1.54, 1.807) is 11.3 Å². The average molecular weight is 276 g/mol. The molecule has 102 valence electrons. The van der Waals surface area contributed by atoms with Crippen LogP contribution in [0, 0.1) is 0 Å². The number of nitrogens with one attached hydrogen (secondary N) is 1. The van der Waals surface area contributed by atoms with Gasteiger partial charge in [-0.2, -0.15) is 4.98 Å². The van der Waals surface area contributed by atoms with Gasteiger partial charge in [0.25, 0.3) is 0 Å². The van der Waals surface area contributed by atoms with Crippen molar-refractivity contribution < 1.29 is 0 Å². The molecule has 0 unspecified atom stereocenters. The molecule has 0 aromatic carbocycles. The second-order valence-electron chi connectivity index (χ2n) is 5.61. The Labute approximate surface area is 117 Å². The van der Waals surface area contributed by atoms with Crippen molar-refractivity contribution in [1.29, 1.82) is 0 Å². The van der Waals surface area contributed by atoms with E-state index in [0.29, 0.717) is 5.95 Å². The van der Waals surface area contributed by atoms with Crippen LogP contribution in [-0.4, -0.2) is 15.5 Å². The summed E-state index contributed by atoms with van der Waals surface area (Å²) >= 11 is 1.71. The Kier molecular flexibility index (Phi) is 3.09. The number of rotatable bonds is 3. The highest BCUT2D eigenvalue weighted by molar-refractivity contribution is 7.18. The summed E-state index contributed by atoms with van der Waals surface area (Å²) in [6.07, 6.45) is 6.00. The van der Waals surface area contributed by atoms with Crippen LogP contribution in [0.3, 0.4) is 0 Å². The molecule has 0 radical (unpaired) electrons. The third kappa shape index (κ3) is 2.39. The number of thiophene rings is 1. The molecular weight excluding hydrogens is 256 g/mol. The van der Waals surface area contributed by atoms with Gasteiger partial charge in [-0.15, -0.1) is 11.3 Å². The molecule has 19 heavy (non-hydrogen) atoms. The van der Waals surface area contributed by atoms with Gasteiger partial charge in [0.15, 0.2) is 0 Å². The lowest BCUT2D eigenvalue weighted by molar-refractivity contribution is 0.532. The largest absolute Gasteiger partial charge is 0.368 e. The molecule has 3 rings (SSSR count). The highest BCUT2D eigenvalue weighted by atomic mass is 32.1. The van der Waals surface area contributed by atoms with E-state index >= 15 is 0 Å². The van der Waals surface area contributed by atoms with Gasteiger partial charge in [-0.25, -0.2) is 4.98 Å². The third-order valence-electron chi connectivity index (χ3n) is 3.94. The van der Waals surface area contributed by atoms with E-state index in [0.717, 1.165) is 22.5 Å². The van der Waals surface area contributed by atoms with Gasteiger partial charge in [0.05, 0.1) is 5.39 Å². The van der Waals surface area contributed by atoms with E-state index < -0.39 is 0 Å². The molecule has 1 fully saturated rings. The molecule has 5 heteroatoms. The first kappa shape index (κ1) is 12.7. The number of anilines is 2. The molecular formula is C14H20N4S. The number of fused-ring (bicyclic) bond motifs is 1. The number of nitrogens with zero attached hydrogens (tertiary/aromatic N) is 2. The fourth-order valence-corrected chi connectivity index (χ4v) is 3.80. The van der Waals surface area contributed by atoms with Crippen LogP contribution in [0.4, 0.5) is 11.8 Å². The maximum Gasteiger partial charge on any atom is 0.223 e. The van der Waals surface area contributed by atoms with Crippen LogP contribution in [0.15, 0.2) is 6.07 Å². The van der Waals surface area contributed by atoms with E-state index in [1.807, 2.05) is 0 Å². The standard InChI is InChI=1S/C14H20N4S/c1-3-9-8-10-11(16-13(15)17-12(10)19-9)18-14(2)6-4-5-7-14/h8H,3-7H2,1-2H3,(H3,15,16,17,18). The van der Waals surface area contributed by atoms with Crippen molar-refractivity contribution in [3.63, 3.8) is 0 Å². The zero-order valence-corrected chi connectivity index (χ0v) is 12.3. The lowest BCUT2D eigenvalue weighted by Crippen LogP contribution is -2.31. The number of aromatic nitrogens is 2. The van der Waals surface area contributed by atoms with Crippen LogP contribution in [0.2, 0.25) is 0 Å². The first-order valence-corrected chi connectivity index (χ1v) is 7.75. The predicted octanol–water partition coefficient (Wildman–Crippen LogP) is 3.58. The maximum atomic E-state index is 5.84. The molecule has 2 aromatic heterocycles. The summed E-state index contributed by atoms with van der Waals surface area (Å²) in [6.45, 7) is 4.43. The van der Waals surface area contributed by atoms with Gasteiger partial charge in [0.1, 0.15) is 10.6 Å². The number of nitrogens with two attached hydrogens (primary N) is 1. The Bertz CT molecular complexity index is 599. The Balaban J connectivity index is 2.03. The predicted molar refractivity (Wildman–Crippen MR) is 81.7 cm³/mol. The summed E-state index contributed by atoms with van der Waals surface area (Å²) in [5.41, 5.74) is 5.99. The number of aryl methyl sites for hydroxylation is 1. The van der Waals surface area contributed by atoms with Gasteiger partial charge in [0, 0.05) is 10.4 Å². The number of nitrogen functional groups attached to an aromatic ring is 1. The summed E-state index contributed by atoms with van der Waals surface area (Å²) in [5, 5.41) is 4.73. The molecule has 2 aromatic rings. The van der Waals surface area contributed by atoms with Crippen LogP contribution in [-0.2, 0) is 6.42 Å². The molecule has 1 aliphatic carbocycles. The lowest BCUT2D eigenvalue weighted by Gasteiger charge is -2.26. The van der Waals surface area contributed by atoms with Crippen molar-refractivity contribution in [3.05, 3.63) is 10.9 Å². The minimum Gasteiger partial charge on any atom is -0.368 e. The normalized spacial score (nSPS) is 18.0. The summed E-state index contributed by atoms with van der Waals surface area (Å²) in [7, 11) is 0. The van der Waals surface area contributed by atoms with E-state index in [-0.39, 0.29) is 5.54 Å².